The van der Waals surface area contributed by atoms with Crippen LogP contribution >= 0.6 is 0 Å². The number of fused-ring (bicyclic) bond motifs is 1. The molecule has 6 atom stereocenters. The number of aliphatic hydroxyl groups excluding tert-OH is 1. The zero-order valence-electron chi connectivity index (χ0n) is 24.1. The van der Waals surface area contributed by atoms with Crippen LogP contribution < -0.4 is 15.4 Å². The van der Waals surface area contributed by atoms with Crippen molar-refractivity contribution in [1.82, 2.24) is 10.2 Å². The fraction of sp³-hybridized carbons (Fsp3) is 0.531. The van der Waals surface area contributed by atoms with Crippen LogP contribution in [0.15, 0.2) is 54.6 Å². The van der Waals surface area contributed by atoms with Crippen LogP contribution in [-0.2, 0) is 19.1 Å². The summed E-state index contributed by atoms with van der Waals surface area (Å²) in [5, 5.41) is 16.6. The molecule has 2 aromatic rings. The number of anilines is 1. The molecule has 9 nitrogen and oxygen atoms in total. The highest BCUT2D eigenvalue weighted by Gasteiger charge is 2.79. The molecule has 1 spiro atoms. The molecule has 2 unspecified atom stereocenters. The average Bonchev–Trinajstić information content (AvgIpc) is 3.59. The van der Waals surface area contributed by atoms with E-state index in [1.165, 1.54) is 4.90 Å². The van der Waals surface area contributed by atoms with Crippen LogP contribution in [-0.4, -0.2) is 64.7 Å². The monoisotopic (exact) mass is 563 g/mol. The molecule has 220 valence electrons. The second-order valence-electron chi connectivity index (χ2n) is 11.3. The summed E-state index contributed by atoms with van der Waals surface area (Å²) in [6, 6.07) is 14.6. The maximum Gasteiger partial charge on any atom is 0.245 e. The van der Waals surface area contributed by atoms with Crippen molar-refractivity contribution in [3.63, 3.8) is 0 Å². The Kier molecular flexibility index (Phi) is 8.38. The van der Waals surface area contributed by atoms with Crippen LogP contribution in [0.25, 0.3) is 0 Å². The Morgan fingerprint density at radius 3 is 2.44 bits per heavy atom. The predicted octanol–water partition coefficient (Wildman–Crippen LogP) is 3.83. The molecule has 5 rings (SSSR count). The van der Waals surface area contributed by atoms with Gasteiger partial charge in [0.15, 0.2) is 0 Å². The number of carbonyl (C=O) groups is 3. The summed E-state index contributed by atoms with van der Waals surface area (Å²) < 4.78 is 12.3. The molecule has 3 aliphatic heterocycles. The first-order valence-corrected chi connectivity index (χ1v) is 14.8. The molecule has 0 aromatic heterocycles. The molecule has 3 saturated heterocycles. The van der Waals surface area contributed by atoms with E-state index in [1.54, 1.807) is 24.3 Å². The molecule has 3 heterocycles. The molecule has 2 bridgehead atoms. The van der Waals surface area contributed by atoms with Crippen LogP contribution in [0.3, 0.4) is 0 Å². The lowest BCUT2D eigenvalue weighted by Gasteiger charge is -2.37. The molecule has 3 aliphatic rings. The van der Waals surface area contributed by atoms with Gasteiger partial charge in [-0.05, 0) is 62.4 Å². The molecular formula is C32H41N3O6. The third-order valence-corrected chi connectivity index (χ3v) is 9.11. The Balaban J connectivity index is 1.53. The number of amides is 3. The van der Waals surface area contributed by atoms with E-state index in [0.717, 1.165) is 18.4 Å². The summed E-state index contributed by atoms with van der Waals surface area (Å²) in [6.45, 7) is 6.57. The lowest BCUT2D eigenvalue weighted by Crippen LogP contribution is -2.56. The molecule has 41 heavy (non-hydrogen) atoms. The average molecular weight is 564 g/mol. The Labute approximate surface area is 241 Å². The Bertz CT molecular complexity index is 1250. The van der Waals surface area contributed by atoms with Crippen LogP contribution in [0.1, 0.15) is 64.5 Å². The van der Waals surface area contributed by atoms with Crippen molar-refractivity contribution in [2.24, 2.45) is 11.8 Å². The van der Waals surface area contributed by atoms with Gasteiger partial charge >= 0.3 is 0 Å². The molecule has 2 aromatic carbocycles. The minimum atomic E-state index is -1.16. The van der Waals surface area contributed by atoms with Gasteiger partial charge in [-0.2, -0.15) is 0 Å². The van der Waals surface area contributed by atoms with Crippen LogP contribution in [0.5, 0.6) is 5.75 Å². The van der Waals surface area contributed by atoms with E-state index in [1.807, 2.05) is 51.1 Å². The summed E-state index contributed by atoms with van der Waals surface area (Å²) in [5.74, 6) is -1.87. The minimum Gasteiger partial charge on any atom is -0.494 e. The maximum atomic E-state index is 14.5. The minimum absolute atomic E-state index is 0.303. The third kappa shape index (κ3) is 4.89. The molecule has 0 saturated carbocycles. The van der Waals surface area contributed by atoms with E-state index in [4.69, 9.17) is 9.47 Å². The van der Waals surface area contributed by atoms with Crippen molar-refractivity contribution in [2.45, 2.75) is 76.2 Å². The van der Waals surface area contributed by atoms with Crippen molar-refractivity contribution in [3.8, 4) is 5.75 Å². The van der Waals surface area contributed by atoms with Gasteiger partial charge in [0.05, 0.1) is 36.7 Å². The number of hydrogen-bond acceptors (Lipinski definition) is 6. The fourth-order valence-electron chi connectivity index (χ4n) is 7.23. The smallest absolute Gasteiger partial charge is 0.245 e. The summed E-state index contributed by atoms with van der Waals surface area (Å²) in [5.41, 5.74) is -0.700. The number of carbonyl (C=O) groups excluding carboxylic acids is 3. The first-order chi connectivity index (χ1) is 19.9. The molecule has 3 N–H and O–H groups in total. The number of likely N-dealkylation sites (tertiary alicyclic amines) is 1. The van der Waals surface area contributed by atoms with Crippen LogP contribution in [0, 0.1) is 11.8 Å². The Morgan fingerprint density at radius 1 is 1.07 bits per heavy atom. The van der Waals surface area contributed by atoms with Gasteiger partial charge in [0.25, 0.3) is 0 Å². The fourth-order valence-corrected chi connectivity index (χ4v) is 7.23. The van der Waals surface area contributed by atoms with Gasteiger partial charge in [-0.25, -0.2) is 0 Å². The van der Waals surface area contributed by atoms with Gasteiger partial charge in [0.1, 0.15) is 17.4 Å². The standard InChI is InChI=1S/C32H41N3O6/c1-4-7-19-33-29(38)27-32-18-17-31(5-2,41-32)25(28(37)34-22-13-15-23(16-14-22)40-6-3)26(32)30(39)35(27)24(20-36)21-11-9-8-10-12-21/h8-16,24-27,36H,4-7,17-20H2,1-3H3,(H,33,38)(H,34,37)/t24-,25-,26+,27?,31+,32?/m1/s1. The second kappa shape index (κ2) is 11.8. The number of hydrogen-bond donors (Lipinski definition) is 3. The number of rotatable bonds is 12. The number of benzene rings is 2. The van der Waals surface area contributed by atoms with Crippen molar-refractivity contribution < 1.29 is 29.0 Å². The summed E-state index contributed by atoms with van der Waals surface area (Å²) in [6.07, 6.45) is 3.30. The molecule has 3 fully saturated rings. The first-order valence-electron chi connectivity index (χ1n) is 14.8. The summed E-state index contributed by atoms with van der Waals surface area (Å²) in [7, 11) is 0. The van der Waals surface area contributed by atoms with E-state index < -0.39 is 35.1 Å². The number of nitrogens with one attached hydrogen (secondary N) is 2. The number of nitrogens with zero attached hydrogens (tertiary/aromatic N) is 1. The van der Waals surface area contributed by atoms with E-state index >= 15 is 0 Å². The Morgan fingerprint density at radius 2 is 1.80 bits per heavy atom. The van der Waals surface area contributed by atoms with Gasteiger partial charge in [-0.3, -0.25) is 14.4 Å². The molecule has 0 radical (unpaired) electrons. The van der Waals surface area contributed by atoms with Gasteiger partial charge in [-0.15, -0.1) is 0 Å². The van der Waals surface area contributed by atoms with Gasteiger partial charge in [-0.1, -0.05) is 50.6 Å². The van der Waals surface area contributed by atoms with E-state index in [0.29, 0.717) is 43.9 Å². The van der Waals surface area contributed by atoms with Crippen molar-refractivity contribution in [1.29, 1.82) is 0 Å². The second-order valence-corrected chi connectivity index (χ2v) is 11.3. The van der Waals surface area contributed by atoms with E-state index in [-0.39, 0.29) is 24.3 Å². The maximum absolute atomic E-state index is 14.5. The normalized spacial score (nSPS) is 28.8. The number of unbranched alkanes of at least 4 members (excludes halogenated alkanes) is 1. The predicted molar refractivity (Wildman–Crippen MR) is 154 cm³/mol. The highest BCUT2D eigenvalue weighted by atomic mass is 16.5. The highest BCUT2D eigenvalue weighted by molar-refractivity contribution is 6.02. The van der Waals surface area contributed by atoms with Crippen molar-refractivity contribution in [3.05, 3.63) is 60.2 Å². The Hall–Kier alpha value is -3.43. The SMILES string of the molecule is CCCCNC(=O)C1N([C@H](CO)c2ccccc2)C(=O)[C@@H]2[C@H](C(=O)Nc3ccc(OCC)cc3)[C@]3(CC)CCC12O3. The quantitative estimate of drug-likeness (QED) is 0.338. The lowest BCUT2D eigenvalue weighted by atomic mass is 9.65. The first kappa shape index (κ1) is 29.1. The molecule has 3 amide bonds. The van der Waals surface area contributed by atoms with Crippen molar-refractivity contribution in [2.75, 3.05) is 25.1 Å². The van der Waals surface area contributed by atoms with Gasteiger partial charge in [0, 0.05) is 12.2 Å². The molecular weight excluding hydrogens is 522 g/mol. The van der Waals surface area contributed by atoms with Crippen molar-refractivity contribution >= 4 is 23.4 Å². The summed E-state index contributed by atoms with van der Waals surface area (Å²) in [4.78, 5) is 43.9. The molecule has 0 aliphatic carbocycles. The third-order valence-electron chi connectivity index (χ3n) is 9.11. The topological polar surface area (TPSA) is 117 Å². The number of aliphatic hydroxyl groups is 1. The highest BCUT2D eigenvalue weighted by Crippen LogP contribution is 2.65. The molecule has 9 heteroatoms. The largest absolute Gasteiger partial charge is 0.494 e. The van der Waals surface area contributed by atoms with Gasteiger partial charge < -0.3 is 30.1 Å². The lowest BCUT2D eigenvalue weighted by molar-refractivity contribution is -0.150. The number of ether oxygens (including phenoxy) is 2. The zero-order valence-corrected chi connectivity index (χ0v) is 24.1. The van der Waals surface area contributed by atoms with E-state index in [2.05, 4.69) is 10.6 Å². The van der Waals surface area contributed by atoms with Crippen LogP contribution in [0.2, 0.25) is 0 Å². The zero-order chi connectivity index (χ0) is 29.2. The van der Waals surface area contributed by atoms with Gasteiger partial charge in [0.2, 0.25) is 17.7 Å². The summed E-state index contributed by atoms with van der Waals surface area (Å²) >= 11 is 0. The van der Waals surface area contributed by atoms with E-state index in [9.17, 15) is 19.5 Å². The van der Waals surface area contributed by atoms with Crippen LogP contribution in [0.4, 0.5) is 5.69 Å².